The molecule has 2 N–H and O–H groups in total. The average Bonchev–Trinajstić information content (AvgIpc) is 3.33. The minimum atomic E-state index is -4.75. The fourth-order valence-corrected chi connectivity index (χ4v) is 4.18. The van der Waals surface area contributed by atoms with Gasteiger partial charge in [-0.3, -0.25) is 9.59 Å². The van der Waals surface area contributed by atoms with Crippen LogP contribution < -0.4 is 5.32 Å². The van der Waals surface area contributed by atoms with Crippen molar-refractivity contribution in [3.8, 4) is 11.4 Å². The van der Waals surface area contributed by atoms with Crippen LogP contribution in [0.2, 0.25) is 0 Å². The lowest BCUT2D eigenvalue weighted by molar-refractivity contribution is -0.159. The third kappa shape index (κ3) is 4.21. The second-order valence-electron chi connectivity index (χ2n) is 8.72. The number of carbonyl (C=O) groups excluding carboxylic acids is 2. The highest BCUT2D eigenvalue weighted by atomic mass is 19.4. The third-order valence-corrected chi connectivity index (χ3v) is 5.87. The number of rotatable bonds is 4. The standard InChI is InChI=1S/C21H23F3N4O4/c1-20(2,31)18(30)25-14-5-3-4-6-15(14)28-10-12-8-7-11(9-13(12)17(28)29)16-26-19(32-27-16)21(22,23)24/h7-9,14-15,31H,3-6,10H2,1-2H3,(H,25,30)/t14-,15-/m1/s1. The zero-order chi connectivity index (χ0) is 23.3. The van der Waals surface area contributed by atoms with Crippen LogP contribution in [0, 0.1) is 0 Å². The Balaban J connectivity index is 1.56. The maximum absolute atomic E-state index is 13.2. The van der Waals surface area contributed by atoms with E-state index in [9.17, 15) is 27.9 Å². The normalized spacial score (nSPS) is 21.6. The van der Waals surface area contributed by atoms with Gasteiger partial charge < -0.3 is 19.8 Å². The molecule has 0 bridgehead atoms. The molecule has 2 atom stereocenters. The Kier molecular flexibility index (Phi) is 5.48. The van der Waals surface area contributed by atoms with Gasteiger partial charge in [-0.25, -0.2) is 0 Å². The molecule has 11 heteroatoms. The number of hydrogen-bond donors (Lipinski definition) is 2. The second-order valence-corrected chi connectivity index (χ2v) is 8.72. The number of nitrogens with zero attached hydrogens (tertiary/aromatic N) is 3. The third-order valence-electron chi connectivity index (χ3n) is 5.87. The first-order chi connectivity index (χ1) is 14.9. The molecule has 1 aromatic carbocycles. The summed E-state index contributed by atoms with van der Waals surface area (Å²) in [7, 11) is 0. The van der Waals surface area contributed by atoms with Gasteiger partial charge in [0.15, 0.2) is 0 Å². The Morgan fingerprint density at radius 3 is 2.62 bits per heavy atom. The van der Waals surface area contributed by atoms with Gasteiger partial charge in [-0.15, -0.1) is 0 Å². The van der Waals surface area contributed by atoms with Gasteiger partial charge in [0.05, 0.1) is 6.04 Å². The molecule has 2 amide bonds. The zero-order valence-electron chi connectivity index (χ0n) is 17.6. The molecule has 4 rings (SSSR count). The van der Waals surface area contributed by atoms with Gasteiger partial charge in [0.1, 0.15) is 5.60 Å². The van der Waals surface area contributed by atoms with Crippen molar-refractivity contribution in [1.82, 2.24) is 20.4 Å². The first kappa shape index (κ1) is 22.3. The fraction of sp³-hybridized carbons (Fsp3) is 0.524. The molecule has 1 aromatic heterocycles. The predicted molar refractivity (Wildman–Crippen MR) is 105 cm³/mol. The largest absolute Gasteiger partial charge is 0.471 e. The van der Waals surface area contributed by atoms with E-state index in [2.05, 4.69) is 20.0 Å². The molecule has 2 aromatic rings. The van der Waals surface area contributed by atoms with Crippen molar-refractivity contribution in [3.05, 3.63) is 35.2 Å². The molecule has 1 aliphatic carbocycles. The van der Waals surface area contributed by atoms with E-state index in [4.69, 9.17) is 0 Å². The van der Waals surface area contributed by atoms with Gasteiger partial charge >= 0.3 is 12.1 Å². The molecular weight excluding hydrogens is 429 g/mol. The van der Waals surface area contributed by atoms with E-state index in [1.165, 1.54) is 19.9 Å². The maximum atomic E-state index is 13.2. The maximum Gasteiger partial charge on any atom is 0.471 e. The quantitative estimate of drug-likeness (QED) is 0.739. The summed E-state index contributed by atoms with van der Waals surface area (Å²) in [6, 6.07) is 4.14. The van der Waals surface area contributed by atoms with Gasteiger partial charge in [0.25, 0.3) is 11.8 Å². The molecule has 1 saturated carbocycles. The predicted octanol–water partition coefficient (Wildman–Crippen LogP) is 2.91. The van der Waals surface area contributed by atoms with E-state index >= 15 is 0 Å². The topological polar surface area (TPSA) is 109 Å². The second kappa shape index (κ2) is 7.88. The van der Waals surface area contributed by atoms with Crippen molar-refractivity contribution in [2.75, 3.05) is 0 Å². The van der Waals surface area contributed by atoms with Crippen LogP contribution in [0.3, 0.4) is 0 Å². The van der Waals surface area contributed by atoms with E-state index in [0.717, 1.165) is 18.4 Å². The van der Waals surface area contributed by atoms with Crippen LogP contribution in [0.5, 0.6) is 0 Å². The van der Waals surface area contributed by atoms with Crippen LogP contribution in [0.4, 0.5) is 13.2 Å². The lowest BCUT2D eigenvalue weighted by Crippen LogP contribution is -2.56. The van der Waals surface area contributed by atoms with Gasteiger partial charge in [-0.05, 0) is 38.3 Å². The smallest absolute Gasteiger partial charge is 0.381 e. The number of hydrogen-bond acceptors (Lipinski definition) is 6. The van der Waals surface area contributed by atoms with Crippen molar-refractivity contribution in [2.45, 2.75) is 69.9 Å². The summed E-state index contributed by atoms with van der Waals surface area (Å²) in [5.41, 5.74) is -0.196. The minimum absolute atomic E-state index is 0.244. The molecule has 32 heavy (non-hydrogen) atoms. The number of alkyl halides is 3. The van der Waals surface area contributed by atoms with E-state index in [1.807, 2.05) is 0 Å². The minimum Gasteiger partial charge on any atom is -0.381 e. The summed E-state index contributed by atoms with van der Waals surface area (Å²) in [5.74, 6) is -2.47. The molecule has 0 unspecified atom stereocenters. The highest BCUT2D eigenvalue weighted by Crippen LogP contribution is 2.34. The van der Waals surface area contributed by atoms with Crippen molar-refractivity contribution < 1.29 is 32.4 Å². The van der Waals surface area contributed by atoms with Crippen LogP contribution in [0.1, 0.15) is 61.3 Å². The van der Waals surface area contributed by atoms with Gasteiger partial charge in [-0.1, -0.05) is 30.1 Å². The average molecular weight is 452 g/mol. The number of aromatic nitrogens is 2. The SMILES string of the molecule is CC(C)(O)C(=O)N[C@@H]1CCCC[C@H]1N1Cc2ccc(-c3noc(C(F)(F)F)n3)cc2C1=O. The van der Waals surface area contributed by atoms with Crippen LogP contribution in [-0.2, 0) is 17.5 Å². The van der Waals surface area contributed by atoms with E-state index < -0.39 is 23.6 Å². The molecular formula is C21H23F3N4O4. The summed E-state index contributed by atoms with van der Waals surface area (Å²) < 4.78 is 42.5. The van der Waals surface area contributed by atoms with Crippen molar-refractivity contribution in [3.63, 3.8) is 0 Å². The van der Waals surface area contributed by atoms with E-state index in [-0.39, 0.29) is 29.4 Å². The highest BCUT2D eigenvalue weighted by Gasteiger charge is 2.41. The monoisotopic (exact) mass is 452 g/mol. The lowest BCUT2D eigenvalue weighted by atomic mass is 9.88. The van der Waals surface area contributed by atoms with Crippen LogP contribution in [0.25, 0.3) is 11.4 Å². The first-order valence-corrected chi connectivity index (χ1v) is 10.3. The van der Waals surface area contributed by atoms with E-state index in [1.54, 1.807) is 17.0 Å². The Hall–Kier alpha value is -2.95. The Morgan fingerprint density at radius 1 is 1.25 bits per heavy atom. The number of amides is 2. The molecule has 8 nitrogen and oxygen atoms in total. The molecule has 1 aliphatic heterocycles. The van der Waals surface area contributed by atoms with Crippen LogP contribution >= 0.6 is 0 Å². The molecule has 0 spiro atoms. The van der Waals surface area contributed by atoms with Crippen LogP contribution in [0.15, 0.2) is 22.7 Å². The summed E-state index contributed by atoms with van der Waals surface area (Å²) in [6.45, 7) is 3.13. The Labute approximate surface area is 181 Å². The van der Waals surface area contributed by atoms with Gasteiger partial charge in [0.2, 0.25) is 5.82 Å². The molecule has 0 radical (unpaired) electrons. The zero-order valence-corrected chi connectivity index (χ0v) is 17.6. The lowest BCUT2D eigenvalue weighted by Gasteiger charge is -2.39. The molecule has 172 valence electrons. The van der Waals surface area contributed by atoms with Crippen molar-refractivity contribution >= 4 is 11.8 Å². The Morgan fingerprint density at radius 2 is 1.97 bits per heavy atom. The number of benzene rings is 1. The van der Waals surface area contributed by atoms with Crippen molar-refractivity contribution in [1.29, 1.82) is 0 Å². The van der Waals surface area contributed by atoms with Gasteiger partial charge in [0, 0.05) is 23.7 Å². The number of halogens is 3. The van der Waals surface area contributed by atoms with Crippen molar-refractivity contribution in [2.24, 2.45) is 0 Å². The summed E-state index contributed by atoms with van der Waals surface area (Å²) in [4.78, 5) is 30.6. The Bertz CT molecular complexity index is 1040. The fourth-order valence-electron chi connectivity index (χ4n) is 4.18. The van der Waals surface area contributed by atoms with E-state index in [0.29, 0.717) is 24.9 Å². The van der Waals surface area contributed by atoms with Crippen LogP contribution in [-0.4, -0.2) is 49.6 Å². The van der Waals surface area contributed by atoms with Gasteiger partial charge in [-0.2, -0.15) is 18.2 Å². The molecule has 2 aliphatic rings. The summed E-state index contributed by atoms with van der Waals surface area (Å²) in [5, 5.41) is 16.2. The number of nitrogens with one attached hydrogen (secondary N) is 1. The number of carbonyl (C=O) groups is 2. The highest BCUT2D eigenvalue weighted by molar-refractivity contribution is 5.99. The summed E-state index contributed by atoms with van der Waals surface area (Å²) >= 11 is 0. The molecule has 0 saturated heterocycles. The molecule has 1 fully saturated rings. The number of fused-ring (bicyclic) bond motifs is 1. The first-order valence-electron chi connectivity index (χ1n) is 10.3. The number of aliphatic hydroxyl groups is 1. The summed E-state index contributed by atoms with van der Waals surface area (Å²) in [6.07, 6.45) is -1.58. The molecule has 2 heterocycles.